The smallest absolute Gasteiger partial charge is 0.328 e. The van der Waals surface area contributed by atoms with Crippen molar-refractivity contribution in [3.05, 3.63) is 29.8 Å². The Bertz CT molecular complexity index is 506. The first-order valence-corrected chi connectivity index (χ1v) is 7.36. The molecule has 0 spiro atoms. The van der Waals surface area contributed by atoms with E-state index < -0.39 is 12.0 Å². The van der Waals surface area contributed by atoms with Crippen LogP contribution in [-0.2, 0) is 14.3 Å². The van der Waals surface area contributed by atoms with Gasteiger partial charge in [-0.05, 0) is 18.6 Å². The number of ether oxygens (including phenoxy) is 1. The summed E-state index contributed by atoms with van der Waals surface area (Å²) in [7, 11) is 0. The van der Waals surface area contributed by atoms with Gasteiger partial charge >= 0.3 is 5.97 Å². The summed E-state index contributed by atoms with van der Waals surface area (Å²) in [6, 6.07) is 6.95. The summed E-state index contributed by atoms with van der Waals surface area (Å²) in [5, 5.41) is 9.11. The van der Waals surface area contributed by atoms with Crippen LogP contribution in [0, 0.1) is 6.92 Å². The third-order valence-corrected chi connectivity index (χ3v) is 4.34. The Morgan fingerprint density at radius 1 is 1.45 bits per heavy atom. The zero-order chi connectivity index (χ0) is 14.5. The molecule has 0 bridgehead atoms. The minimum atomic E-state index is -1.01. The molecular weight excluding hydrogens is 278 g/mol. The molecule has 20 heavy (non-hydrogen) atoms. The molecule has 0 aliphatic carbocycles. The highest BCUT2D eigenvalue weighted by molar-refractivity contribution is 8.00. The lowest BCUT2D eigenvalue weighted by Gasteiger charge is -2.32. The maximum absolute atomic E-state index is 12.2. The average Bonchev–Trinajstić information content (AvgIpc) is 2.46. The first-order valence-electron chi connectivity index (χ1n) is 6.38. The number of rotatable bonds is 4. The second kappa shape index (κ2) is 6.76. The molecule has 108 valence electrons. The molecule has 1 atom stereocenters. The van der Waals surface area contributed by atoms with E-state index in [1.807, 2.05) is 31.2 Å². The maximum atomic E-state index is 12.2. The van der Waals surface area contributed by atoms with Crippen molar-refractivity contribution in [2.45, 2.75) is 17.9 Å². The summed E-state index contributed by atoms with van der Waals surface area (Å²) in [5.41, 5.74) is 1.11. The van der Waals surface area contributed by atoms with Crippen molar-refractivity contribution in [3.63, 3.8) is 0 Å². The summed E-state index contributed by atoms with van der Waals surface area (Å²) in [5.74, 6) is -0.929. The number of hydrogen-bond acceptors (Lipinski definition) is 4. The molecule has 1 amide bonds. The molecule has 5 nitrogen and oxygen atoms in total. The number of benzene rings is 1. The third kappa shape index (κ3) is 3.52. The van der Waals surface area contributed by atoms with E-state index >= 15 is 0 Å². The molecule has 1 aromatic rings. The number of carboxylic acid groups (broad SMARTS) is 1. The fourth-order valence-corrected chi connectivity index (χ4v) is 2.96. The van der Waals surface area contributed by atoms with Crippen molar-refractivity contribution in [2.75, 3.05) is 25.5 Å². The average molecular weight is 295 g/mol. The van der Waals surface area contributed by atoms with E-state index in [9.17, 15) is 9.59 Å². The van der Waals surface area contributed by atoms with E-state index in [2.05, 4.69) is 0 Å². The van der Waals surface area contributed by atoms with Gasteiger partial charge in [-0.25, -0.2) is 4.79 Å². The van der Waals surface area contributed by atoms with Gasteiger partial charge in [0.15, 0.2) is 6.04 Å². The number of carboxylic acids is 1. The van der Waals surface area contributed by atoms with Gasteiger partial charge in [-0.3, -0.25) is 4.79 Å². The van der Waals surface area contributed by atoms with Gasteiger partial charge in [0.05, 0.1) is 19.0 Å². The fourth-order valence-electron chi connectivity index (χ4n) is 2.05. The van der Waals surface area contributed by atoms with E-state index in [0.29, 0.717) is 13.2 Å². The molecule has 0 aromatic heterocycles. The predicted molar refractivity (Wildman–Crippen MR) is 75.9 cm³/mol. The Kier molecular flexibility index (Phi) is 5.03. The molecule has 1 saturated heterocycles. The summed E-state index contributed by atoms with van der Waals surface area (Å²) in [4.78, 5) is 25.7. The van der Waals surface area contributed by atoms with Crippen molar-refractivity contribution in [2.24, 2.45) is 0 Å². The van der Waals surface area contributed by atoms with Crippen LogP contribution < -0.4 is 0 Å². The van der Waals surface area contributed by atoms with E-state index in [1.54, 1.807) is 0 Å². The van der Waals surface area contributed by atoms with Crippen LogP contribution in [0.25, 0.3) is 0 Å². The van der Waals surface area contributed by atoms with Crippen LogP contribution in [0.4, 0.5) is 0 Å². The molecule has 1 aliphatic rings. The molecule has 2 rings (SSSR count). The second-order valence-electron chi connectivity index (χ2n) is 4.57. The standard InChI is InChI=1S/C14H17NO4S/c1-10-4-2-3-5-12(10)20-9-13(16)15-6-7-19-8-11(15)14(17)18/h2-5,11H,6-9H2,1H3,(H,17,18). The predicted octanol–water partition coefficient (Wildman–Crippen LogP) is 1.40. The highest BCUT2D eigenvalue weighted by Gasteiger charge is 2.32. The van der Waals surface area contributed by atoms with Crippen LogP contribution >= 0.6 is 11.8 Å². The van der Waals surface area contributed by atoms with Crippen LogP contribution in [-0.4, -0.2) is 53.4 Å². The van der Waals surface area contributed by atoms with Crippen LogP contribution in [0.2, 0.25) is 0 Å². The molecule has 0 saturated carbocycles. The number of aliphatic carboxylic acids is 1. The summed E-state index contributed by atoms with van der Waals surface area (Å²) in [6.45, 7) is 2.78. The summed E-state index contributed by atoms with van der Waals surface area (Å²) < 4.78 is 5.12. The van der Waals surface area contributed by atoms with E-state index in [0.717, 1.165) is 10.5 Å². The van der Waals surface area contributed by atoms with E-state index in [-0.39, 0.29) is 18.3 Å². The van der Waals surface area contributed by atoms with Crippen LogP contribution in [0.15, 0.2) is 29.2 Å². The topological polar surface area (TPSA) is 66.8 Å². The fraction of sp³-hybridized carbons (Fsp3) is 0.429. The molecule has 6 heteroatoms. The Labute approximate surface area is 121 Å². The Morgan fingerprint density at radius 2 is 2.20 bits per heavy atom. The Morgan fingerprint density at radius 3 is 2.90 bits per heavy atom. The summed E-state index contributed by atoms with van der Waals surface area (Å²) in [6.07, 6.45) is 0. The van der Waals surface area contributed by atoms with E-state index in [4.69, 9.17) is 9.84 Å². The second-order valence-corrected chi connectivity index (χ2v) is 5.59. The molecule has 1 aromatic carbocycles. The van der Waals surface area contributed by atoms with Gasteiger partial charge in [-0.15, -0.1) is 11.8 Å². The number of aryl methyl sites for hydroxylation is 1. The van der Waals surface area contributed by atoms with Crippen LogP contribution in [0.3, 0.4) is 0 Å². The number of nitrogens with zero attached hydrogens (tertiary/aromatic N) is 1. The van der Waals surface area contributed by atoms with Crippen LogP contribution in [0.5, 0.6) is 0 Å². The summed E-state index contributed by atoms with van der Waals surface area (Å²) >= 11 is 1.44. The molecular formula is C14H17NO4S. The number of carbonyl (C=O) groups excluding carboxylic acids is 1. The molecule has 1 N–H and O–H groups in total. The van der Waals surface area contributed by atoms with Crippen molar-refractivity contribution in [3.8, 4) is 0 Å². The third-order valence-electron chi connectivity index (χ3n) is 3.18. The monoisotopic (exact) mass is 295 g/mol. The lowest BCUT2D eigenvalue weighted by Crippen LogP contribution is -2.53. The van der Waals surface area contributed by atoms with Gasteiger partial charge in [-0.2, -0.15) is 0 Å². The van der Waals surface area contributed by atoms with Crippen molar-refractivity contribution in [1.82, 2.24) is 4.90 Å². The number of amides is 1. The lowest BCUT2D eigenvalue weighted by molar-refractivity contribution is -0.157. The largest absolute Gasteiger partial charge is 0.480 e. The molecule has 1 unspecified atom stereocenters. The lowest BCUT2D eigenvalue weighted by atomic mass is 10.2. The maximum Gasteiger partial charge on any atom is 0.328 e. The molecule has 1 fully saturated rings. The van der Waals surface area contributed by atoms with Gasteiger partial charge in [-0.1, -0.05) is 18.2 Å². The number of hydrogen-bond donors (Lipinski definition) is 1. The van der Waals surface area contributed by atoms with Gasteiger partial charge in [0.25, 0.3) is 0 Å². The van der Waals surface area contributed by atoms with Gasteiger partial charge in [0.2, 0.25) is 5.91 Å². The zero-order valence-corrected chi connectivity index (χ0v) is 12.1. The quantitative estimate of drug-likeness (QED) is 0.851. The van der Waals surface area contributed by atoms with Crippen LogP contribution in [0.1, 0.15) is 5.56 Å². The van der Waals surface area contributed by atoms with Crippen molar-refractivity contribution < 1.29 is 19.4 Å². The van der Waals surface area contributed by atoms with Crippen molar-refractivity contribution in [1.29, 1.82) is 0 Å². The van der Waals surface area contributed by atoms with Gasteiger partial charge in [0, 0.05) is 11.4 Å². The Hall–Kier alpha value is -1.53. The molecule has 1 aliphatic heterocycles. The molecule has 1 heterocycles. The SMILES string of the molecule is Cc1ccccc1SCC(=O)N1CCOCC1C(=O)O. The molecule has 0 radical (unpaired) electrons. The normalized spacial score (nSPS) is 18.9. The highest BCUT2D eigenvalue weighted by atomic mass is 32.2. The first kappa shape index (κ1) is 14.9. The Balaban J connectivity index is 1.97. The number of thioether (sulfide) groups is 1. The van der Waals surface area contributed by atoms with Crippen molar-refractivity contribution >= 4 is 23.6 Å². The minimum absolute atomic E-state index is 0.0656. The minimum Gasteiger partial charge on any atom is -0.480 e. The zero-order valence-electron chi connectivity index (χ0n) is 11.2. The highest BCUT2D eigenvalue weighted by Crippen LogP contribution is 2.22. The number of morpholine rings is 1. The van der Waals surface area contributed by atoms with E-state index in [1.165, 1.54) is 16.7 Å². The number of carbonyl (C=O) groups is 2. The van der Waals surface area contributed by atoms with Gasteiger partial charge < -0.3 is 14.7 Å². The first-order chi connectivity index (χ1) is 9.59. The van der Waals surface area contributed by atoms with Gasteiger partial charge in [0.1, 0.15) is 0 Å².